The van der Waals surface area contributed by atoms with E-state index in [0.717, 1.165) is 23.9 Å². The van der Waals surface area contributed by atoms with E-state index in [1.807, 2.05) is 34.7 Å². The first kappa shape index (κ1) is 19.8. The number of pyridine rings is 1. The van der Waals surface area contributed by atoms with E-state index in [2.05, 4.69) is 20.6 Å². The summed E-state index contributed by atoms with van der Waals surface area (Å²) < 4.78 is 1.81. The molecule has 1 saturated heterocycles. The minimum Gasteiger partial charge on any atom is -0.325 e. The van der Waals surface area contributed by atoms with Crippen molar-refractivity contribution in [1.82, 2.24) is 19.9 Å². The molecule has 0 spiro atoms. The fraction of sp³-hybridized carbons (Fsp3) is 0.357. The molecule has 9 heteroatoms. The lowest BCUT2D eigenvalue weighted by atomic mass is 10.2. The van der Waals surface area contributed by atoms with Crippen molar-refractivity contribution in [1.29, 1.82) is 0 Å². The maximum absolute atomic E-state index is 12.0. The van der Waals surface area contributed by atoms with Gasteiger partial charge in [-0.2, -0.15) is 11.8 Å². The van der Waals surface area contributed by atoms with Crippen molar-refractivity contribution >= 4 is 48.2 Å². The molecule has 0 saturated carbocycles. The molecule has 0 radical (unpaired) electrons. The van der Waals surface area contributed by atoms with Crippen molar-refractivity contribution in [3.8, 4) is 5.82 Å². The van der Waals surface area contributed by atoms with Gasteiger partial charge in [-0.25, -0.2) is 9.97 Å². The molecule has 23 heavy (non-hydrogen) atoms. The number of hydrogen-bond acceptors (Lipinski definition) is 5. The van der Waals surface area contributed by atoms with Gasteiger partial charge in [0, 0.05) is 42.9 Å². The van der Waals surface area contributed by atoms with Gasteiger partial charge in [-0.15, -0.1) is 24.8 Å². The normalized spacial score (nSPS) is 16.8. The molecule has 126 valence electrons. The van der Waals surface area contributed by atoms with Crippen LogP contribution in [0.25, 0.3) is 5.82 Å². The van der Waals surface area contributed by atoms with Gasteiger partial charge in [0.15, 0.2) is 0 Å². The number of carbonyl (C=O) groups is 1. The van der Waals surface area contributed by atoms with Gasteiger partial charge in [0.25, 0.3) is 0 Å². The fourth-order valence-electron chi connectivity index (χ4n) is 2.19. The Hall–Kier alpha value is -1.28. The Morgan fingerprint density at radius 3 is 2.91 bits per heavy atom. The monoisotopic (exact) mass is 375 g/mol. The van der Waals surface area contributed by atoms with Crippen molar-refractivity contribution < 1.29 is 4.79 Å². The molecule has 0 aliphatic carbocycles. The number of thioether (sulfide) groups is 1. The Kier molecular flexibility index (Phi) is 8.40. The quantitative estimate of drug-likeness (QED) is 0.856. The average Bonchev–Trinajstić information content (AvgIpc) is 3.03. The number of carbonyl (C=O) groups excluding carboxylic acids is 1. The minimum atomic E-state index is 0. The zero-order valence-electron chi connectivity index (χ0n) is 12.3. The Bertz CT molecular complexity index is 588. The third-order valence-electron chi connectivity index (χ3n) is 3.23. The van der Waals surface area contributed by atoms with Crippen LogP contribution in [-0.2, 0) is 4.79 Å². The lowest BCUT2D eigenvalue weighted by Gasteiger charge is -2.22. The molecule has 0 bridgehead atoms. The second-order valence-corrected chi connectivity index (χ2v) is 6.00. The van der Waals surface area contributed by atoms with Crippen molar-refractivity contribution in [3.63, 3.8) is 0 Å². The first-order valence-corrected chi connectivity index (χ1v) is 8.02. The summed E-state index contributed by atoms with van der Waals surface area (Å²) in [5.41, 5.74) is 0.715. The summed E-state index contributed by atoms with van der Waals surface area (Å²) in [5.74, 6) is 2.91. The summed E-state index contributed by atoms with van der Waals surface area (Å²) in [4.78, 5) is 20.3. The van der Waals surface area contributed by atoms with Crippen LogP contribution in [0.5, 0.6) is 0 Å². The Balaban J connectivity index is 0.00000132. The number of rotatable bonds is 4. The highest BCUT2D eigenvalue weighted by Gasteiger charge is 2.16. The molecule has 1 unspecified atom stereocenters. The molecule has 1 aliphatic rings. The van der Waals surface area contributed by atoms with E-state index in [1.54, 1.807) is 18.7 Å². The zero-order chi connectivity index (χ0) is 14.5. The molecule has 3 rings (SSSR count). The van der Waals surface area contributed by atoms with Crippen LogP contribution >= 0.6 is 36.6 Å². The van der Waals surface area contributed by atoms with Gasteiger partial charge in [0.1, 0.15) is 12.1 Å². The zero-order valence-corrected chi connectivity index (χ0v) is 14.8. The largest absolute Gasteiger partial charge is 0.325 e. The van der Waals surface area contributed by atoms with Crippen molar-refractivity contribution in [3.05, 3.63) is 37.1 Å². The van der Waals surface area contributed by atoms with Crippen LogP contribution in [0.15, 0.2) is 37.1 Å². The van der Waals surface area contributed by atoms with Crippen LogP contribution in [-0.4, -0.2) is 44.5 Å². The summed E-state index contributed by atoms with van der Waals surface area (Å²) in [6.07, 6.45) is 7.37. The topological polar surface area (TPSA) is 71.8 Å². The second-order valence-electron chi connectivity index (χ2n) is 4.85. The Morgan fingerprint density at radius 1 is 1.43 bits per heavy atom. The highest BCUT2D eigenvalue weighted by atomic mass is 35.5. The number of anilines is 1. The fourth-order valence-corrected chi connectivity index (χ4v) is 3.14. The van der Waals surface area contributed by atoms with Gasteiger partial charge >= 0.3 is 0 Å². The molecule has 6 nitrogen and oxygen atoms in total. The third kappa shape index (κ3) is 5.69. The molecule has 2 aromatic heterocycles. The summed E-state index contributed by atoms with van der Waals surface area (Å²) in [6.45, 7) is 0.976. The van der Waals surface area contributed by atoms with Crippen molar-refractivity contribution in [2.75, 3.05) is 23.4 Å². The van der Waals surface area contributed by atoms with Crippen LogP contribution in [0.2, 0.25) is 0 Å². The smallest absolute Gasteiger partial charge is 0.226 e. The molecule has 1 fully saturated rings. The second kappa shape index (κ2) is 9.77. The van der Waals surface area contributed by atoms with Gasteiger partial charge < -0.3 is 10.6 Å². The number of aromatic nitrogens is 3. The van der Waals surface area contributed by atoms with Gasteiger partial charge in [-0.3, -0.25) is 9.36 Å². The van der Waals surface area contributed by atoms with Crippen LogP contribution in [0.4, 0.5) is 5.69 Å². The van der Waals surface area contributed by atoms with E-state index < -0.39 is 0 Å². The van der Waals surface area contributed by atoms with E-state index in [4.69, 9.17) is 0 Å². The Morgan fingerprint density at radius 2 is 2.30 bits per heavy atom. The number of nitrogens with zero attached hydrogens (tertiary/aromatic N) is 3. The highest BCUT2D eigenvalue weighted by molar-refractivity contribution is 7.99. The minimum absolute atomic E-state index is 0. The van der Waals surface area contributed by atoms with Gasteiger partial charge in [0.2, 0.25) is 5.91 Å². The maximum Gasteiger partial charge on any atom is 0.226 e. The highest BCUT2D eigenvalue weighted by Crippen LogP contribution is 2.13. The summed E-state index contributed by atoms with van der Waals surface area (Å²) >= 11 is 1.89. The molecular weight excluding hydrogens is 357 g/mol. The summed E-state index contributed by atoms with van der Waals surface area (Å²) in [7, 11) is 0. The maximum atomic E-state index is 12.0. The van der Waals surface area contributed by atoms with E-state index >= 15 is 0 Å². The van der Waals surface area contributed by atoms with E-state index in [0.29, 0.717) is 12.1 Å². The molecule has 2 aromatic rings. The Labute approximate surface area is 151 Å². The first-order chi connectivity index (χ1) is 10.3. The van der Waals surface area contributed by atoms with E-state index in [1.165, 1.54) is 0 Å². The molecule has 1 aliphatic heterocycles. The number of nitrogens with one attached hydrogen (secondary N) is 2. The molecular formula is C14H19Cl2N5OS. The number of imidazole rings is 1. The van der Waals surface area contributed by atoms with E-state index in [9.17, 15) is 4.79 Å². The van der Waals surface area contributed by atoms with Gasteiger partial charge in [-0.1, -0.05) is 0 Å². The number of hydrogen-bond donors (Lipinski definition) is 2. The van der Waals surface area contributed by atoms with Crippen molar-refractivity contribution in [2.24, 2.45) is 0 Å². The van der Waals surface area contributed by atoms with Gasteiger partial charge in [0.05, 0.1) is 11.9 Å². The van der Waals surface area contributed by atoms with Crippen LogP contribution in [0, 0.1) is 0 Å². The third-order valence-corrected chi connectivity index (χ3v) is 4.36. The summed E-state index contributed by atoms with van der Waals surface area (Å²) in [6, 6.07) is 3.97. The molecule has 2 N–H and O–H groups in total. The van der Waals surface area contributed by atoms with E-state index in [-0.39, 0.29) is 36.8 Å². The lowest BCUT2D eigenvalue weighted by molar-refractivity contribution is -0.116. The predicted octanol–water partition coefficient (Wildman–Crippen LogP) is 2.14. The van der Waals surface area contributed by atoms with Crippen LogP contribution in [0.3, 0.4) is 0 Å². The van der Waals surface area contributed by atoms with Crippen LogP contribution in [0.1, 0.15) is 6.42 Å². The SMILES string of the molecule is Cl.Cl.O=C(CC1CSCCN1)Nc1ccc(-n2ccnc2)nc1. The molecule has 1 amide bonds. The van der Waals surface area contributed by atoms with Gasteiger partial charge in [-0.05, 0) is 12.1 Å². The van der Waals surface area contributed by atoms with Crippen molar-refractivity contribution in [2.45, 2.75) is 12.5 Å². The predicted molar refractivity (Wildman–Crippen MR) is 98.2 cm³/mol. The standard InChI is InChI=1S/C14H17N5OS.2ClH/c20-14(7-12-9-21-6-4-16-12)18-11-1-2-13(17-8-11)19-5-3-15-10-19;;/h1-3,5,8,10,12,16H,4,6-7,9H2,(H,18,20);2*1H. The lowest BCUT2D eigenvalue weighted by Crippen LogP contribution is -2.39. The average molecular weight is 376 g/mol. The molecule has 3 heterocycles. The molecule has 1 atom stereocenters. The summed E-state index contributed by atoms with van der Waals surface area (Å²) in [5, 5.41) is 6.24. The first-order valence-electron chi connectivity index (χ1n) is 6.86. The number of halogens is 2. The number of amides is 1. The van der Waals surface area contributed by atoms with Crippen LogP contribution < -0.4 is 10.6 Å². The molecule has 0 aromatic carbocycles.